The number of ether oxygens (including phenoxy) is 1. The molecule has 0 fully saturated rings. The molecule has 90 valence electrons. The number of halogens is 1. The van der Waals surface area contributed by atoms with Crippen LogP contribution in [0.2, 0.25) is 0 Å². The number of rotatable bonds is 3. The average molecular weight is 318 g/mol. The van der Waals surface area contributed by atoms with Gasteiger partial charge in [-0.2, -0.15) is 4.68 Å². The Hall–Kier alpha value is -1.28. The minimum atomic E-state index is -0.505. The molecule has 2 aromatic rings. The Balaban J connectivity index is 2.42. The Morgan fingerprint density at radius 3 is 3.12 bits per heavy atom. The first-order valence-electron chi connectivity index (χ1n) is 4.79. The van der Waals surface area contributed by atoms with E-state index in [2.05, 4.69) is 26.2 Å². The first kappa shape index (κ1) is 12.2. The number of nitrogens with zero attached hydrogens (tertiary/aromatic N) is 3. The van der Waals surface area contributed by atoms with E-state index in [9.17, 15) is 9.59 Å². The third kappa shape index (κ3) is 2.37. The maximum absolute atomic E-state index is 12.0. The van der Waals surface area contributed by atoms with Crippen LogP contribution in [0.1, 0.15) is 6.92 Å². The molecule has 0 unspecified atom stereocenters. The van der Waals surface area contributed by atoms with Gasteiger partial charge in [0.15, 0.2) is 4.83 Å². The lowest BCUT2D eigenvalue weighted by Gasteiger charge is -2.02. The van der Waals surface area contributed by atoms with E-state index in [4.69, 9.17) is 4.74 Å². The summed E-state index contributed by atoms with van der Waals surface area (Å²) in [6, 6.07) is 0. The summed E-state index contributed by atoms with van der Waals surface area (Å²) < 4.78 is 6.41. The summed E-state index contributed by atoms with van der Waals surface area (Å²) in [5.41, 5.74) is -0.351. The van der Waals surface area contributed by atoms with Crippen LogP contribution in [-0.2, 0) is 16.1 Å². The van der Waals surface area contributed by atoms with E-state index < -0.39 is 5.97 Å². The average Bonchev–Trinajstić information content (AvgIpc) is 2.65. The molecule has 0 aliphatic rings. The van der Waals surface area contributed by atoms with Crippen LogP contribution < -0.4 is 5.56 Å². The Morgan fingerprint density at radius 2 is 2.41 bits per heavy atom. The molecule has 2 aromatic heterocycles. The van der Waals surface area contributed by atoms with Crippen LogP contribution in [0.4, 0.5) is 0 Å². The van der Waals surface area contributed by atoms with Crippen LogP contribution in [-0.4, -0.2) is 27.6 Å². The number of hydrogen-bond acceptors (Lipinski definition) is 6. The van der Waals surface area contributed by atoms with Gasteiger partial charge in [0.1, 0.15) is 6.54 Å². The third-order valence-electron chi connectivity index (χ3n) is 2.00. The fraction of sp³-hybridized carbons (Fsp3) is 0.333. The molecule has 17 heavy (non-hydrogen) atoms. The van der Waals surface area contributed by atoms with Gasteiger partial charge in [-0.1, -0.05) is 5.21 Å². The highest BCUT2D eigenvalue weighted by atomic mass is 79.9. The number of carbonyl (C=O) groups is 1. The number of fused-ring (bicyclic) bond motifs is 1. The molecule has 0 aromatic carbocycles. The predicted octanol–water partition coefficient (Wildman–Crippen LogP) is 1.18. The summed E-state index contributed by atoms with van der Waals surface area (Å²) in [4.78, 5) is 23.8. The lowest BCUT2D eigenvalue weighted by molar-refractivity contribution is -0.144. The second-order valence-corrected chi connectivity index (χ2v) is 4.83. The predicted molar refractivity (Wildman–Crippen MR) is 66.0 cm³/mol. The van der Waals surface area contributed by atoms with Crippen LogP contribution in [0.15, 0.2) is 14.6 Å². The molecule has 0 amide bonds. The fourth-order valence-electron chi connectivity index (χ4n) is 1.29. The zero-order valence-corrected chi connectivity index (χ0v) is 11.2. The number of carbonyl (C=O) groups excluding carboxylic acids is 1. The summed E-state index contributed by atoms with van der Waals surface area (Å²) in [5.74, 6) is -0.505. The maximum atomic E-state index is 12.0. The Labute approximate surface area is 108 Å². The Morgan fingerprint density at radius 1 is 1.65 bits per heavy atom. The molecule has 0 aliphatic heterocycles. The van der Waals surface area contributed by atoms with Crippen LogP contribution in [0.3, 0.4) is 0 Å². The molecule has 0 saturated heterocycles. The number of hydrogen-bond donors (Lipinski definition) is 0. The standard InChI is InChI=1S/C9H8BrN3O3S/c1-2-16-6(14)3-13-9(15)7-5(10)4-17-8(7)11-12-13/h4H,2-3H2,1H3. The van der Waals surface area contributed by atoms with E-state index in [1.807, 2.05) is 0 Å². The lowest BCUT2D eigenvalue weighted by Crippen LogP contribution is -2.28. The molecule has 0 atom stereocenters. The van der Waals surface area contributed by atoms with Gasteiger partial charge in [-0.05, 0) is 22.9 Å². The molecule has 8 heteroatoms. The molecule has 2 rings (SSSR count). The quantitative estimate of drug-likeness (QED) is 0.795. The molecule has 0 N–H and O–H groups in total. The molecule has 2 heterocycles. The molecule has 0 saturated carbocycles. The highest BCUT2D eigenvalue weighted by Crippen LogP contribution is 2.24. The molecule has 0 spiro atoms. The topological polar surface area (TPSA) is 74.1 Å². The third-order valence-corrected chi connectivity index (χ3v) is 3.79. The number of thiophene rings is 1. The van der Waals surface area contributed by atoms with E-state index >= 15 is 0 Å². The summed E-state index contributed by atoms with van der Waals surface area (Å²) in [5, 5.41) is 9.75. The van der Waals surface area contributed by atoms with Crippen LogP contribution >= 0.6 is 27.3 Å². The van der Waals surface area contributed by atoms with Gasteiger partial charge in [-0.15, -0.1) is 16.4 Å². The second-order valence-electron chi connectivity index (χ2n) is 3.12. The number of aromatic nitrogens is 3. The van der Waals surface area contributed by atoms with Gasteiger partial charge in [-0.3, -0.25) is 9.59 Å². The first-order valence-corrected chi connectivity index (χ1v) is 6.47. The fourth-order valence-corrected chi connectivity index (χ4v) is 2.79. The molecule has 0 aliphatic carbocycles. The maximum Gasteiger partial charge on any atom is 0.327 e. The smallest absolute Gasteiger partial charge is 0.327 e. The van der Waals surface area contributed by atoms with E-state index in [-0.39, 0.29) is 18.7 Å². The zero-order chi connectivity index (χ0) is 12.4. The van der Waals surface area contributed by atoms with Crippen molar-refractivity contribution in [1.82, 2.24) is 15.0 Å². The van der Waals surface area contributed by atoms with Crippen LogP contribution in [0.5, 0.6) is 0 Å². The summed E-state index contributed by atoms with van der Waals surface area (Å²) in [7, 11) is 0. The molecular weight excluding hydrogens is 310 g/mol. The Kier molecular flexibility index (Phi) is 3.53. The SMILES string of the molecule is CCOC(=O)Cn1nnc2scc(Br)c2c1=O. The van der Waals surface area contributed by atoms with Gasteiger partial charge < -0.3 is 4.74 Å². The van der Waals surface area contributed by atoms with Crippen molar-refractivity contribution in [1.29, 1.82) is 0 Å². The second kappa shape index (κ2) is 4.92. The highest BCUT2D eigenvalue weighted by molar-refractivity contribution is 9.10. The van der Waals surface area contributed by atoms with Crippen molar-refractivity contribution in [2.24, 2.45) is 0 Å². The van der Waals surface area contributed by atoms with Crippen molar-refractivity contribution in [2.45, 2.75) is 13.5 Å². The van der Waals surface area contributed by atoms with Gasteiger partial charge in [0, 0.05) is 9.85 Å². The van der Waals surface area contributed by atoms with Crippen molar-refractivity contribution in [2.75, 3.05) is 6.61 Å². The van der Waals surface area contributed by atoms with Crippen molar-refractivity contribution in [3.8, 4) is 0 Å². The van der Waals surface area contributed by atoms with Gasteiger partial charge >= 0.3 is 5.97 Å². The summed E-state index contributed by atoms with van der Waals surface area (Å²) in [6.07, 6.45) is 0. The van der Waals surface area contributed by atoms with E-state index in [0.29, 0.717) is 14.7 Å². The zero-order valence-electron chi connectivity index (χ0n) is 8.84. The van der Waals surface area contributed by atoms with Gasteiger partial charge in [0.25, 0.3) is 5.56 Å². The van der Waals surface area contributed by atoms with Crippen molar-refractivity contribution in [3.63, 3.8) is 0 Å². The minimum absolute atomic E-state index is 0.224. The molecule has 0 radical (unpaired) electrons. The Bertz CT molecular complexity index is 621. The van der Waals surface area contributed by atoms with E-state index in [1.165, 1.54) is 11.3 Å². The van der Waals surface area contributed by atoms with E-state index in [0.717, 1.165) is 4.68 Å². The molecule has 6 nitrogen and oxygen atoms in total. The van der Waals surface area contributed by atoms with E-state index in [1.54, 1.807) is 12.3 Å². The minimum Gasteiger partial charge on any atom is -0.465 e. The van der Waals surface area contributed by atoms with Crippen LogP contribution in [0.25, 0.3) is 10.2 Å². The van der Waals surface area contributed by atoms with Crippen molar-refractivity contribution >= 4 is 43.5 Å². The van der Waals surface area contributed by atoms with Crippen molar-refractivity contribution in [3.05, 3.63) is 20.2 Å². The van der Waals surface area contributed by atoms with Gasteiger partial charge in [0.05, 0.1) is 12.0 Å². The van der Waals surface area contributed by atoms with Gasteiger partial charge in [0.2, 0.25) is 0 Å². The lowest BCUT2D eigenvalue weighted by atomic mass is 10.4. The number of esters is 1. The largest absolute Gasteiger partial charge is 0.465 e. The van der Waals surface area contributed by atoms with Crippen molar-refractivity contribution < 1.29 is 9.53 Å². The highest BCUT2D eigenvalue weighted by Gasteiger charge is 2.13. The monoisotopic (exact) mass is 317 g/mol. The van der Waals surface area contributed by atoms with Gasteiger partial charge in [-0.25, -0.2) is 0 Å². The summed E-state index contributed by atoms with van der Waals surface area (Å²) >= 11 is 4.58. The summed E-state index contributed by atoms with van der Waals surface area (Å²) in [6.45, 7) is 1.74. The molecular formula is C9H8BrN3O3S. The molecule has 0 bridgehead atoms. The van der Waals surface area contributed by atoms with Crippen LogP contribution in [0, 0.1) is 0 Å². The normalized spacial score (nSPS) is 10.7. The first-order chi connectivity index (χ1) is 8.13.